The van der Waals surface area contributed by atoms with Crippen molar-refractivity contribution in [3.05, 3.63) is 36.0 Å². The van der Waals surface area contributed by atoms with Crippen molar-refractivity contribution >= 4 is 6.09 Å². The molecule has 4 atom stereocenters. The summed E-state index contributed by atoms with van der Waals surface area (Å²) in [5, 5.41) is 7.88. The van der Waals surface area contributed by atoms with Crippen molar-refractivity contribution < 1.29 is 14.3 Å². The fourth-order valence-electron chi connectivity index (χ4n) is 6.01. The summed E-state index contributed by atoms with van der Waals surface area (Å²) >= 11 is 0. The average molecular weight is 453 g/mol. The first-order valence-corrected chi connectivity index (χ1v) is 12.5. The van der Waals surface area contributed by atoms with Crippen LogP contribution >= 0.6 is 0 Å². The zero-order valence-corrected chi connectivity index (χ0v) is 19.8. The highest BCUT2D eigenvalue weighted by Gasteiger charge is 2.42. The van der Waals surface area contributed by atoms with Gasteiger partial charge < -0.3 is 14.8 Å². The number of carbonyl (C=O) groups is 1. The average Bonchev–Trinajstić information content (AvgIpc) is 3.25. The summed E-state index contributed by atoms with van der Waals surface area (Å²) in [4.78, 5) is 14.8. The van der Waals surface area contributed by atoms with Gasteiger partial charge in [0.05, 0.1) is 12.8 Å². The molecule has 0 radical (unpaired) electrons. The van der Waals surface area contributed by atoms with Gasteiger partial charge in [0.1, 0.15) is 12.4 Å². The number of piperidine rings is 3. The molecule has 3 saturated heterocycles. The van der Waals surface area contributed by atoms with Gasteiger partial charge >= 0.3 is 6.09 Å². The Kier molecular flexibility index (Phi) is 6.58. The van der Waals surface area contributed by atoms with Crippen LogP contribution in [0.1, 0.15) is 56.6 Å². The van der Waals surface area contributed by atoms with Crippen LogP contribution in [-0.2, 0) is 11.8 Å². The molecule has 4 aliphatic rings. The van der Waals surface area contributed by atoms with E-state index < -0.39 is 0 Å². The number of rotatable bonds is 6. The molecule has 4 fully saturated rings. The van der Waals surface area contributed by atoms with E-state index in [1.165, 1.54) is 31.4 Å². The summed E-state index contributed by atoms with van der Waals surface area (Å²) < 4.78 is 13.0. The summed E-state index contributed by atoms with van der Waals surface area (Å²) in [6.45, 7) is 2.58. The predicted octanol–water partition coefficient (Wildman–Crippen LogP) is 4.33. The molecular formula is C26H36N4O3. The predicted molar refractivity (Wildman–Crippen MR) is 127 cm³/mol. The fourth-order valence-corrected chi connectivity index (χ4v) is 6.01. The van der Waals surface area contributed by atoms with E-state index in [1.807, 2.05) is 12.1 Å². The Balaban J connectivity index is 1.19. The van der Waals surface area contributed by atoms with Crippen molar-refractivity contribution in [2.24, 2.45) is 13.0 Å². The van der Waals surface area contributed by atoms with Crippen LogP contribution in [0.3, 0.4) is 0 Å². The number of aryl methyl sites for hydroxylation is 1. The number of amides is 1. The molecule has 6 rings (SSSR count). The quantitative estimate of drug-likeness (QED) is 0.706. The van der Waals surface area contributed by atoms with Crippen LogP contribution in [0.15, 0.2) is 30.3 Å². The van der Waals surface area contributed by atoms with Gasteiger partial charge in [0.25, 0.3) is 0 Å². The SMILES string of the molecule is COc1ccc(-c2cc([C@@H]3CN4CC[C@H]3C[C@@H]4COC(=O)NC3CCCCC3)n(C)n2)cc1. The van der Waals surface area contributed by atoms with Crippen LogP contribution in [0, 0.1) is 5.92 Å². The topological polar surface area (TPSA) is 68.6 Å². The highest BCUT2D eigenvalue weighted by Crippen LogP contribution is 2.42. The van der Waals surface area contributed by atoms with E-state index in [4.69, 9.17) is 14.6 Å². The molecule has 3 aliphatic heterocycles. The third kappa shape index (κ3) is 4.88. The van der Waals surface area contributed by atoms with E-state index in [1.54, 1.807) is 7.11 Å². The summed E-state index contributed by atoms with van der Waals surface area (Å²) in [5.74, 6) is 1.92. The smallest absolute Gasteiger partial charge is 0.407 e. The minimum atomic E-state index is -0.239. The second-order valence-corrected chi connectivity index (χ2v) is 9.92. The number of nitrogens with zero attached hydrogens (tertiary/aromatic N) is 3. The maximum atomic E-state index is 12.3. The fraction of sp³-hybridized carbons (Fsp3) is 0.615. The van der Waals surface area contributed by atoms with Crippen molar-refractivity contribution in [2.45, 2.75) is 62.9 Å². The van der Waals surface area contributed by atoms with Gasteiger partial charge in [-0.15, -0.1) is 0 Å². The van der Waals surface area contributed by atoms with E-state index in [0.29, 0.717) is 30.5 Å². The van der Waals surface area contributed by atoms with Gasteiger partial charge in [0.2, 0.25) is 0 Å². The minimum Gasteiger partial charge on any atom is -0.497 e. The molecule has 1 aliphatic carbocycles. The lowest BCUT2D eigenvalue weighted by molar-refractivity contribution is -0.00471. The Bertz CT molecular complexity index is 951. The molecule has 2 aromatic rings. The highest BCUT2D eigenvalue weighted by atomic mass is 16.5. The van der Waals surface area contributed by atoms with E-state index in [2.05, 4.69) is 40.1 Å². The number of benzene rings is 1. The van der Waals surface area contributed by atoms with E-state index >= 15 is 0 Å². The highest BCUT2D eigenvalue weighted by molar-refractivity contribution is 5.67. The largest absolute Gasteiger partial charge is 0.497 e. The van der Waals surface area contributed by atoms with Gasteiger partial charge in [0.15, 0.2) is 0 Å². The standard InChI is InChI=1S/C26H36N4O3/c1-29-25(15-24(28-29)18-8-10-22(32-2)11-9-18)23-16-30-13-12-19(23)14-21(30)17-33-26(31)27-20-6-4-3-5-7-20/h8-11,15,19-21,23H,3-7,12-14,16-17H2,1-2H3,(H,27,31)/t19-,21+,23+/m0/s1. The Morgan fingerprint density at radius 1 is 1.15 bits per heavy atom. The zero-order valence-electron chi connectivity index (χ0n) is 19.8. The number of alkyl carbamates (subject to hydrolysis) is 1. The summed E-state index contributed by atoms with van der Waals surface area (Å²) in [6.07, 6.45) is 7.89. The number of nitrogens with one attached hydrogen (secondary N) is 1. The van der Waals surface area contributed by atoms with Crippen molar-refractivity contribution in [2.75, 3.05) is 26.8 Å². The van der Waals surface area contributed by atoms with E-state index in [9.17, 15) is 4.79 Å². The first-order valence-electron chi connectivity index (χ1n) is 12.5. The first-order chi connectivity index (χ1) is 16.1. The zero-order chi connectivity index (χ0) is 22.8. The molecule has 1 amide bonds. The molecule has 1 unspecified atom stereocenters. The third-order valence-corrected chi connectivity index (χ3v) is 7.89. The lowest BCUT2D eigenvalue weighted by Gasteiger charge is -2.49. The summed E-state index contributed by atoms with van der Waals surface area (Å²) in [6, 6.07) is 11.0. The molecule has 178 valence electrons. The Morgan fingerprint density at radius 2 is 1.94 bits per heavy atom. The van der Waals surface area contributed by atoms with Crippen LogP contribution in [-0.4, -0.2) is 59.7 Å². The molecule has 1 aromatic carbocycles. The molecule has 1 N–H and O–H groups in total. The molecule has 7 heteroatoms. The van der Waals surface area contributed by atoms with Crippen LogP contribution in [0.5, 0.6) is 5.75 Å². The number of ether oxygens (including phenoxy) is 2. The second-order valence-electron chi connectivity index (χ2n) is 9.92. The lowest BCUT2D eigenvalue weighted by Crippen LogP contribution is -2.54. The van der Waals surface area contributed by atoms with Crippen LogP contribution in [0.4, 0.5) is 4.79 Å². The number of hydrogen-bond donors (Lipinski definition) is 1. The number of fused-ring (bicyclic) bond motifs is 3. The lowest BCUT2D eigenvalue weighted by atomic mass is 9.74. The molecule has 4 heterocycles. The Labute approximate surface area is 196 Å². The molecule has 0 spiro atoms. The molecule has 7 nitrogen and oxygen atoms in total. The number of carbonyl (C=O) groups excluding carboxylic acids is 1. The number of aromatic nitrogens is 2. The first kappa shape index (κ1) is 22.3. The van der Waals surface area contributed by atoms with Crippen molar-refractivity contribution in [1.82, 2.24) is 20.0 Å². The molecule has 2 bridgehead atoms. The van der Waals surface area contributed by atoms with Crippen molar-refractivity contribution in [3.8, 4) is 17.0 Å². The van der Waals surface area contributed by atoms with E-state index in [0.717, 1.165) is 49.4 Å². The van der Waals surface area contributed by atoms with E-state index in [-0.39, 0.29) is 6.09 Å². The van der Waals surface area contributed by atoms with Crippen LogP contribution in [0.25, 0.3) is 11.3 Å². The van der Waals surface area contributed by atoms with Gasteiger partial charge in [0, 0.05) is 42.9 Å². The van der Waals surface area contributed by atoms with Crippen molar-refractivity contribution in [3.63, 3.8) is 0 Å². The maximum absolute atomic E-state index is 12.3. The maximum Gasteiger partial charge on any atom is 0.407 e. The second kappa shape index (κ2) is 9.75. The van der Waals surface area contributed by atoms with Gasteiger partial charge in [-0.1, -0.05) is 19.3 Å². The minimum absolute atomic E-state index is 0.239. The number of hydrogen-bond acceptors (Lipinski definition) is 5. The van der Waals surface area contributed by atoms with Crippen LogP contribution in [0.2, 0.25) is 0 Å². The molecule has 1 aromatic heterocycles. The van der Waals surface area contributed by atoms with Crippen LogP contribution < -0.4 is 10.1 Å². The molecule has 1 saturated carbocycles. The van der Waals surface area contributed by atoms with Gasteiger partial charge in [-0.2, -0.15) is 5.10 Å². The van der Waals surface area contributed by atoms with Gasteiger partial charge in [-0.25, -0.2) is 4.79 Å². The monoisotopic (exact) mass is 452 g/mol. The molecule has 33 heavy (non-hydrogen) atoms. The summed E-state index contributed by atoms with van der Waals surface area (Å²) in [5.41, 5.74) is 3.41. The Hall–Kier alpha value is -2.54. The normalized spacial score (nSPS) is 27.3. The van der Waals surface area contributed by atoms with Gasteiger partial charge in [-0.05, 0) is 68.5 Å². The third-order valence-electron chi connectivity index (χ3n) is 7.89. The molecular weight excluding hydrogens is 416 g/mol. The van der Waals surface area contributed by atoms with Crippen molar-refractivity contribution in [1.29, 1.82) is 0 Å². The summed E-state index contributed by atoms with van der Waals surface area (Å²) in [7, 11) is 3.74. The Morgan fingerprint density at radius 3 is 2.64 bits per heavy atom. The van der Waals surface area contributed by atoms with Gasteiger partial charge in [-0.3, -0.25) is 9.58 Å². The number of methoxy groups -OCH3 is 1.